The molecule has 0 spiro atoms. The number of rotatable bonds is 7. The summed E-state index contributed by atoms with van der Waals surface area (Å²) in [7, 11) is 0. The van der Waals surface area contributed by atoms with Gasteiger partial charge in [0.25, 0.3) is 0 Å². The van der Waals surface area contributed by atoms with Crippen molar-refractivity contribution in [3.8, 4) is 5.75 Å². The van der Waals surface area contributed by atoms with E-state index >= 15 is 0 Å². The van der Waals surface area contributed by atoms with Crippen molar-refractivity contribution in [1.29, 1.82) is 0 Å². The van der Waals surface area contributed by atoms with Crippen LogP contribution in [0.5, 0.6) is 5.75 Å². The number of aliphatic hydroxyl groups is 1. The molecule has 3 heteroatoms. The molecule has 1 heterocycles. The summed E-state index contributed by atoms with van der Waals surface area (Å²) in [5, 5.41) is 10.8. The molecule has 0 bridgehead atoms. The summed E-state index contributed by atoms with van der Waals surface area (Å²) in [5.74, 6) is 1.22. The lowest BCUT2D eigenvalue weighted by molar-refractivity contribution is 0.218. The first-order chi connectivity index (χ1) is 12.1. The van der Waals surface area contributed by atoms with Gasteiger partial charge in [-0.25, -0.2) is 0 Å². The van der Waals surface area contributed by atoms with Crippen LogP contribution in [0.3, 0.4) is 0 Å². The van der Waals surface area contributed by atoms with E-state index < -0.39 is 6.10 Å². The first kappa shape index (κ1) is 18.0. The molecule has 1 fully saturated rings. The Morgan fingerprint density at radius 3 is 2.40 bits per heavy atom. The van der Waals surface area contributed by atoms with Crippen LogP contribution < -0.4 is 4.74 Å². The second-order valence-corrected chi connectivity index (χ2v) is 7.16. The van der Waals surface area contributed by atoms with Gasteiger partial charge in [-0.15, -0.1) is 0 Å². The van der Waals surface area contributed by atoms with Crippen molar-refractivity contribution in [2.24, 2.45) is 0 Å². The van der Waals surface area contributed by atoms with Crippen LogP contribution in [-0.4, -0.2) is 36.2 Å². The third kappa shape index (κ3) is 4.62. The van der Waals surface area contributed by atoms with Crippen molar-refractivity contribution in [2.75, 3.05) is 26.2 Å². The minimum absolute atomic E-state index is 0.329. The summed E-state index contributed by atoms with van der Waals surface area (Å²) in [6.45, 7) is 8.42. The molecule has 0 aliphatic carbocycles. The molecule has 2 aromatic carbocycles. The van der Waals surface area contributed by atoms with Crippen LogP contribution >= 0.6 is 0 Å². The van der Waals surface area contributed by atoms with Gasteiger partial charge in [0.15, 0.2) is 0 Å². The van der Waals surface area contributed by atoms with Gasteiger partial charge >= 0.3 is 0 Å². The SMILES string of the molecule is CC(C)c1cc(OCCN2CCCC2)ccc1C(O)c1ccccc1. The summed E-state index contributed by atoms with van der Waals surface area (Å²) in [6, 6.07) is 15.9. The molecule has 0 radical (unpaired) electrons. The summed E-state index contributed by atoms with van der Waals surface area (Å²) in [5.41, 5.74) is 3.04. The van der Waals surface area contributed by atoms with E-state index in [9.17, 15) is 5.11 Å². The van der Waals surface area contributed by atoms with E-state index in [1.807, 2.05) is 42.5 Å². The van der Waals surface area contributed by atoms with E-state index in [1.54, 1.807) is 0 Å². The number of ether oxygens (including phenoxy) is 1. The fourth-order valence-corrected chi connectivity index (χ4v) is 3.51. The zero-order valence-electron chi connectivity index (χ0n) is 15.3. The van der Waals surface area contributed by atoms with Gasteiger partial charge in [-0.05, 0) is 60.7 Å². The van der Waals surface area contributed by atoms with Crippen LogP contribution in [0.4, 0.5) is 0 Å². The molecule has 1 aliphatic heterocycles. The highest BCUT2D eigenvalue weighted by atomic mass is 16.5. The Kier molecular flexibility index (Phi) is 6.11. The highest BCUT2D eigenvalue weighted by molar-refractivity contribution is 5.42. The molecule has 1 unspecified atom stereocenters. The molecular formula is C22H29NO2. The second-order valence-electron chi connectivity index (χ2n) is 7.16. The molecule has 2 aromatic rings. The van der Waals surface area contributed by atoms with Gasteiger partial charge in [0.1, 0.15) is 18.5 Å². The third-order valence-corrected chi connectivity index (χ3v) is 4.97. The molecule has 1 atom stereocenters. The van der Waals surface area contributed by atoms with E-state index in [4.69, 9.17) is 4.74 Å². The maximum absolute atomic E-state index is 10.8. The molecule has 1 aliphatic rings. The summed E-state index contributed by atoms with van der Waals surface area (Å²) in [4.78, 5) is 2.46. The smallest absolute Gasteiger partial charge is 0.119 e. The van der Waals surface area contributed by atoms with Crippen molar-refractivity contribution >= 4 is 0 Å². The van der Waals surface area contributed by atoms with E-state index in [-0.39, 0.29) is 0 Å². The Bertz CT molecular complexity index is 663. The van der Waals surface area contributed by atoms with Gasteiger partial charge in [0, 0.05) is 6.54 Å². The van der Waals surface area contributed by atoms with Gasteiger partial charge < -0.3 is 9.84 Å². The molecule has 0 saturated carbocycles. The first-order valence-electron chi connectivity index (χ1n) is 9.37. The number of likely N-dealkylation sites (tertiary alicyclic amines) is 1. The number of hydrogen-bond acceptors (Lipinski definition) is 3. The quantitative estimate of drug-likeness (QED) is 0.813. The number of hydrogen-bond donors (Lipinski definition) is 1. The second kappa shape index (κ2) is 8.50. The first-order valence-corrected chi connectivity index (χ1v) is 9.37. The fourth-order valence-electron chi connectivity index (χ4n) is 3.51. The van der Waals surface area contributed by atoms with Crippen molar-refractivity contribution < 1.29 is 9.84 Å². The van der Waals surface area contributed by atoms with Crippen LogP contribution in [0.1, 0.15) is 55.4 Å². The molecule has 1 N–H and O–H groups in total. The monoisotopic (exact) mass is 339 g/mol. The maximum atomic E-state index is 10.8. The standard InChI is InChI=1S/C22H29NO2/c1-17(2)21-16-19(25-15-14-23-12-6-7-13-23)10-11-20(21)22(24)18-8-4-3-5-9-18/h3-5,8-11,16-17,22,24H,6-7,12-15H2,1-2H3. The molecule has 3 nitrogen and oxygen atoms in total. The number of nitrogens with zero attached hydrogens (tertiary/aromatic N) is 1. The normalized spacial score (nSPS) is 16.3. The lowest BCUT2D eigenvalue weighted by Gasteiger charge is -2.20. The van der Waals surface area contributed by atoms with Crippen LogP contribution in [-0.2, 0) is 0 Å². The molecule has 134 valence electrons. The van der Waals surface area contributed by atoms with Gasteiger partial charge in [-0.2, -0.15) is 0 Å². The van der Waals surface area contributed by atoms with E-state index in [0.717, 1.165) is 35.6 Å². The molecule has 25 heavy (non-hydrogen) atoms. The number of aliphatic hydroxyl groups excluding tert-OH is 1. The molecular weight excluding hydrogens is 310 g/mol. The Morgan fingerprint density at radius 1 is 1.00 bits per heavy atom. The Hall–Kier alpha value is -1.84. The van der Waals surface area contributed by atoms with Gasteiger partial charge in [0.05, 0.1) is 0 Å². The minimum atomic E-state index is -0.600. The van der Waals surface area contributed by atoms with Gasteiger partial charge in [0.2, 0.25) is 0 Å². The van der Waals surface area contributed by atoms with Crippen molar-refractivity contribution in [3.63, 3.8) is 0 Å². The van der Waals surface area contributed by atoms with Gasteiger partial charge in [-0.1, -0.05) is 50.2 Å². The van der Waals surface area contributed by atoms with E-state index in [2.05, 4.69) is 24.8 Å². The summed E-state index contributed by atoms with van der Waals surface area (Å²) >= 11 is 0. The topological polar surface area (TPSA) is 32.7 Å². The van der Waals surface area contributed by atoms with Crippen LogP contribution in [0.25, 0.3) is 0 Å². The molecule has 0 aromatic heterocycles. The lowest BCUT2D eigenvalue weighted by atomic mass is 9.91. The Morgan fingerprint density at radius 2 is 1.72 bits per heavy atom. The predicted octanol–water partition coefficient (Wildman–Crippen LogP) is 4.37. The third-order valence-electron chi connectivity index (χ3n) is 4.97. The molecule has 1 saturated heterocycles. The Balaban J connectivity index is 1.71. The average Bonchev–Trinajstić information content (AvgIpc) is 3.15. The van der Waals surface area contributed by atoms with Crippen LogP contribution in [0.2, 0.25) is 0 Å². The minimum Gasteiger partial charge on any atom is -0.492 e. The van der Waals surface area contributed by atoms with Crippen LogP contribution in [0.15, 0.2) is 48.5 Å². The summed E-state index contributed by atoms with van der Waals surface area (Å²) < 4.78 is 5.98. The summed E-state index contributed by atoms with van der Waals surface area (Å²) in [6.07, 6.45) is 2.02. The van der Waals surface area contributed by atoms with E-state index in [1.165, 1.54) is 25.9 Å². The lowest BCUT2D eigenvalue weighted by Crippen LogP contribution is -2.25. The van der Waals surface area contributed by atoms with Crippen molar-refractivity contribution in [1.82, 2.24) is 4.90 Å². The van der Waals surface area contributed by atoms with Gasteiger partial charge in [-0.3, -0.25) is 4.90 Å². The Labute approximate surface area is 151 Å². The molecule has 0 amide bonds. The molecule has 3 rings (SSSR count). The zero-order chi connectivity index (χ0) is 17.6. The van der Waals surface area contributed by atoms with Crippen LogP contribution in [0, 0.1) is 0 Å². The average molecular weight is 339 g/mol. The fraction of sp³-hybridized carbons (Fsp3) is 0.455. The largest absolute Gasteiger partial charge is 0.492 e. The van der Waals surface area contributed by atoms with E-state index in [0.29, 0.717) is 5.92 Å². The number of benzene rings is 2. The maximum Gasteiger partial charge on any atom is 0.119 e. The van der Waals surface area contributed by atoms with Crippen molar-refractivity contribution in [3.05, 3.63) is 65.2 Å². The highest BCUT2D eigenvalue weighted by Crippen LogP contribution is 2.32. The highest BCUT2D eigenvalue weighted by Gasteiger charge is 2.17. The predicted molar refractivity (Wildman–Crippen MR) is 102 cm³/mol. The zero-order valence-corrected chi connectivity index (χ0v) is 15.3. The van der Waals surface area contributed by atoms with Crippen molar-refractivity contribution in [2.45, 2.75) is 38.7 Å².